The highest BCUT2D eigenvalue weighted by Crippen LogP contribution is 2.35. The molecule has 1 N–H and O–H groups in total. The van der Waals surface area contributed by atoms with Gasteiger partial charge >= 0.3 is 0 Å². The van der Waals surface area contributed by atoms with E-state index >= 15 is 0 Å². The van der Waals surface area contributed by atoms with Gasteiger partial charge in [0.2, 0.25) is 5.78 Å². The second kappa shape index (κ2) is 10.3. The fourth-order valence-electron chi connectivity index (χ4n) is 3.84. The van der Waals surface area contributed by atoms with Crippen molar-refractivity contribution in [2.75, 3.05) is 20.8 Å². The number of imidazole rings is 1. The van der Waals surface area contributed by atoms with Crippen LogP contribution in [0, 0.1) is 11.7 Å². The standard InChI is InChI=1S/C26H26FN3O4S/c1-15(2)12-30-13-20(18-14-35-24-17(18)6-5-7-19(24)27)29-25(30)21(31)11-28-26(32)16-8-9-22(33-3)23(10-16)34-4/h5-10,13-15H,11-12H2,1-4H3,(H,28,32). The number of carbonyl (C=O) groups is 2. The van der Waals surface area contributed by atoms with E-state index in [1.165, 1.54) is 31.6 Å². The van der Waals surface area contributed by atoms with Crippen LogP contribution in [0.2, 0.25) is 0 Å². The van der Waals surface area contributed by atoms with Gasteiger partial charge in [0.1, 0.15) is 5.82 Å². The van der Waals surface area contributed by atoms with E-state index in [4.69, 9.17) is 9.47 Å². The van der Waals surface area contributed by atoms with E-state index in [9.17, 15) is 14.0 Å². The van der Waals surface area contributed by atoms with Gasteiger partial charge in [0.15, 0.2) is 17.3 Å². The fraction of sp³-hybridized carbons (Fsp3) is 0.269. The average molecular weight is 496 g/mol. The lowest BCUT2D eigenvalue weighted by Crippen LogP contribution is -2.31. The molecule has 0 unspecified atom stereocenters. The lowest BCUT2D eigenvalue weighted by atomic mass is 10.1. The molecule has 0 spiro atoms. The maximum Gasteiger partial charge on any atom is 0.251 e. The summed E-state index contributed by atoms with van der Waals surface area (Å²) >= 11 is 1.30. The minimum absolute atomic E-state index is 0.221. The summed E-state index contributed by atoms with van der Waals surface area (Å²) in [5, 5.41) is 5.27. The lowest BCUT2D eigenvalue weighted by Gasteiger charge is -2.11. The topological polar surface area (TPSA) is 82.5 Å². The third kappa shape index (κ3) is 5.05. The molecule has 0 fully saturated rings. The van der Waals surface area contributed by atoms with Crippen LogP contribution in [0.15, 0.2) is 48.0 Å². The second-order valence-electron chi connectivity index (χ2n) is 8.44. The maximum absolute atomic E-state index is 14.2. The number of rotatable bonds is 9. The number of amides is 1. The van der Waals surface area contributed by atoms with E-state index in [2.05, 4.69) is 10.3 Å². The van der Waals surface area contributed by atoms with Crippen molar-refractivity contribution in [1.29, 1.82) is 0 Å². The number of ether oxygens (including phenoxy) is 2. The van der Waals surface area contributed by atoms with Crippen LogP contribution in [0.25, 0.3) is 21.3 Å². The van der Waals surface area contributed by atoms with Gasteiger partial charge in [-0.3, -0.25) is 9.59 Å². The van der Waals surface area contributed by atoms with Gasteiger partial charge in [-0.2, -0.15) is 0 Å². The number of nitrogens with zero attached hydrogens (tertiary/aromatic N) is 2. The van der Waals surface area contributed by atoms with Gasteiger partial charge in [0.05, 0.1) is 31.2 Å². The molecule has 2 heterocycles. The highest BCUT2D eigenvalue weighted by atomic mass is 32.1. The summed E-state index contributed by atoms with van der Waals surface area (Å²) in [6.07, 6.45) is 1.82. The smallest absolute Gasteiger partial charge is 0.251 e. The van der Waals surface area contributed by atoms with E-state index in [0.717, 1.165) is 10.9 Å². The Balaban J connectivity index is 1.57. The van der Waals surface area contributed by atoms with Crippen molar-refractivity contribution in [2.45, 2.75) is 20.4 Å². The summed E-state index contributed by atoms with van der Waals surface area (Å²) in [4.78, 5) is 30.4. The number of thiophene rings is 1. The monoisotopic (exact) mass is 495 g/mol. The number of aromatic nitrogens is 2. The number of Topliss-reactive ketones (excluding diaryl/α,β-unsaturated/α-hetero) is 1. The number of hydrogen-bond acceptors (Lipinski definition) is 6. The van der Waals surface area contributed by atoms with Crippen LogP contribution >= 0.6 is 11.3 Å². The summed E-state index contributed by atoms with van der Waals surface area (Å²) in [6.45, 7) is 4.44. The molecule has 182 valence electrons. The normalized spacial score (nSPS) is 11.1. The van der Waals surface area contributed by atoms with E-state index in [0.29, 0.717) is 34.0 Å². The van der Waals surface area contributed by atoms with Gasteiger partial charge in [-0.25, -0.2) is 9.37 Å². The number of carbonyl (C=O) groups excluding carboxylic acids is 2. The summed E-state index contributed by atoms with van der Waals surface area (Å²) in [5.74, 6) is 0.415. The van der Waals surface area contributed by atoms with Crippen molar-refractivity contribution in [3.63, 3.8) is 0 Å². The van der Waals surface area contributed by atoms with Crippen molar-refractivity contribution in [3.8, 4) is 22.8 Å². The van der Waals surface area contributed by atoms with E-state index in [1.807, 2.05) is 31.5 Å². The molecule has 0 saturated carbocycles. The largest absolute Gasteiger partial charge is 0.493 e. The van der Waals surface area contributed by atoms with Crippen molar-refractivity contribution >= 4 is 33.1 Å². The Hall–Kier alpha value is -3.72. The lowest BCUT2D eigenvalue weighted by molar-refractivity contribution is 0.0897. The molecule has 2 aromatic carbocycles. The summed E-state index contributed by atoms with van der Waals surface area (Å²) in [5.41, 5.74) is 1.71. The Labute approximate surface area is 206 Å². The van der Waals surface area contributed by atoms with Crippen molar-refractivity contribution < 1.29 is 23.5 Å². The summed E-state index contributed by atoms with van der Waals surface area (Å²) in [7, 11) is 3.00. The van der Waals surface area contributed by atoms with Crippen molar-refractivity contribution in [1.82, 2.24) is 14.9 Å². The van der Waals surface area contributed by atoms with E-state index in [1.54, 1.807) is 28.8 Å². The van der Waals surface area contributed by atoms with E-state index in [-0.39, 0.29) is 29.9 Å². The zero-order valence-electron chi connectivity index (χ0n) is 19.9. The molecular weight excluding hydrogens is 469 g/mol. The predicted octanol–water partition coefficient (Wildman–Crippen LogP) is 5.19. The Morgan fingerprint density at radius 3 is 2.63 bits per heavy atom. The minimum atomic E-state index is -0.416. The molecule has 4 aromatic rings. The molecule has 2 aromatic heterocycles. The Kier molecular flexibility index (Phi) is 7.16. The third-order valence-electron chi connectivity index (χ3n) is 5.47. The zero-order chi connectivity index (χ0) is 25.1. The molecule has 0 aliphatic heterocycles. The quantitative estimate of drug-likeness (QED) is 0.323. The third-order valence-corrected chi connectivity index (χ3v) is 6.47. The molecule has 35 heavy (non-hydrogen) atoms. The second-order valence-corrected chi connectivity index (χ2v) is 9.32. The van der Waals surface area contributed by atoms with E-state index < -0.39 is 5.91 Å². The summed E-state index contributed by atoms with van der Waals surface area (Å²) in [6, 6.07) is 9.71. The molecule has 0 atom stereocenters. The molecule has 1 amide bonds. The Bertz CT molecular complexity index is 1390. The van der Waals surface area contributed by atoms with Crippen LogP contribution in [-0.4, -0.2) is 42.0 Å². The first-order valence-electron chi connectivity index (χ1n) is 11.1. The Morgan fingerprint density at radius 1 is 1.14 bits per heavy atom. The molecule has 0 radical (unpaired) electrons. The van der Waals surface area contributed by atoms with Crippen molar-refractivity contribution in [2.24, 2.45) is 5.92 Å². The summed E-state index contributed by atoms with van der Waals surface area (Å²) < 4.78 is 27.0. The fourth-order valence-corrected chi connectivity index (χ4v) is 4.81. The number of fused-ring (bicyclic) bond motifs is 1. The molecule has 0 bridgehead atoms. The van der Waals surface area contributed by atoms with Crippen LogP contribution in [0.5, 0.6) is 11.5 Å². The molecule has 0 saturated heterocycles. The average Bonchev–Trinajstić information content (AvgIpc) is 3.46. The van der Waals surface area contributed by atoms with Crippen LogP contribution in [0.3, 0.4) is 0 Å². The van der Waals surface area contributed by atoms with Crippen LogP contribution < -0.4 is 14.8 Å². The van der Waals surface area contributed by atoms with Gasteiger partial charge in [-0.15, -0.1) is 11.3 Å². The zero-order valence-corrected chi connectivity index (χ0v) is 20.7. The maximum atomic E-state index is 14.2. The molecule has 7 nitrogen and oxygen atoms in total. The molecule has 9 heteroatoms. The van der Waals surface area contributed by atoms with Crippen LogP contribution in [0.1, 0.15) is 34.8 Å². The molecule has 0 aliphatic carbocycles. The van der Waals surface area contributed by atoms with Gasteiger partial charge in [0.25, 0.3) is 5.91 Å². The van der Waals surface area contributed by atoms with Crippen LogP contribution in [-0.2, 0) is 6.54 Å². The van der Waals surface area contributed by atoms with Gasteiger partial charge in [-0.1, -0.05) is 26.0 Å². The SMILES string of the molecule is COc1ccc(C(=O)NCC(=O)c2nc(-c3csc4c(F)cccc34)cn2CC(C)C)cc1OC. The Morgan fingerprint density at radius 2 is 1.91 bits per heavy atom. The first-order valence-corrected chi connectivity index (χ1v) is 12.0. The first-order chi connectivity index (χ1) is 16.8. The number of hydrogen-bond donors (Lipinski definition) is 1. The van der Waals surface area contributed by atoms with Crippen molar-refractivity contribution in [3.05, 3.63) is 65.2 Å². The number of halogens is 1. The van der Waals surface area contributed by atoms with Gasteiger partial charge in [-0.05, 0) is 30.2 Å². The predicted molar refractivity (Wildman–Crippen MR) is 134 cm³/mol. The highest BCUT2D eigenvalue weighted by Gasteiger charge is 2.21. The number of methoxy groups -OCH3 is 2. The molecular formula is C26H26FN3O4S. The van der Waals surface area contributed by atoms with Gasteiger partial charge in [0, 0.05) is 34.6 Å². The minimum Gasteiger partial charge on any atom is -0.493 e. The highest BCUT2D eigenvalue weighted by molar-refractivity contribution is 7.17. The number of benzene rings is 2. The van der Waals surface area contributed by atoms with Crippen LogP contribution in [0.4, 0.5) is 4.39 Å². The first kappa shape index (κ1) is 24.4. The molecule has 4 rings (SSSR count). The number of nitrogens with one attached hydrogen (secondary N) is 1. The van der Waals surface area contributed by atoms with Gasteiger partial charge < -0.3 is 19.4 Å². The molecule has 0 aliphatic rings. The number of ketones is 1.